The standard InChI is InChI=1S/C12H18F2N4O2/c1-8(6-10(19)20)7-18-11(15-16-17-18)9-2-4-12(13,14)5-3-9/h8-9H,2-7H2,1H3,(H,19,20). The molecule has 6 nitrogen and oxygen atoms in total. The summed E-state index contributed by atoms with van der Waals surface area (Å²) in [6.07, 6.45) is 0.466. The first-order chi connectivity index (χ1) is 9.37. The van der Waals surface area contributed by atoms with Crippen molar-refractivity contribution >= 4 is 5.97 Å². The lowest BCUT2D eigenvalue weighted by atomic mass is 9.86. The predicted octanol–water partition coefficient (Wildman–Crippen LogP) is 2.08. The number of tetrazole rings is 1. The zero-order valence-corrected chi connectivity index (χ0v) is 11.3. The van der Waals surface area contributed by atoms with Crippen molar-refractivity contribution in [1.29, 1.82) is 0 Å². The molecule has 1 aromatic rings. The number of carbonyl (C=O) groups is 1. The fourth-order valence-corrected chi connectivity index (χ4v) is 2.59. The quantitative estimate of drug-likeness (QED) is 0.897. The van der Waals surface area contributed by atoms with Crippen molar-refractivity contribution in [2.75, 3.05) is 0 Å². The highest BCUT2D eigenvalue weighted by atomic mass is 19.3. The molecule has 20 heavy (non-hydrogen) atoms. The third-order valence-corrected chi connectivity index (χ3v) is 3.65. The van der Waals surface area contributed by atoms with Crippen LogP contribution in [-0.2, 0) is 11.3 Å². The van der Waals surface area contributed by atoms with Gasteiger partial charge in [-0.05, 0) is 29.2 Å². The van der Waals surface area contributed by atoms with Crippen LogP contribution < -0.4 is 0 Å². The molecule has 112 valence electrons. The Morgan fingerprint density at radius 3 is 2.75 bits per heavy atom. The highest BCUT2D eigenvalue weighted by Gasteiger charge is 2.37. The van der Waals surface area contributed by atoms with E-state index in [1.165, 1.54) is 0 Å². The van der Waals surface area contributed by atoms with Gasteiger partial charge in [0.05, 0.1) is 0 Å². The summed E-state index contributed by atoms with van der Waals surface area (Å²) in [6, 6.07) is 0. The van der Waals surface area contributed by atoms with E-state index in [0.29, 0.717) is 25.2 Å². The molecule has 1 atom stereocenters. The number of carboxylic acid groups (broad SMARTS) is 1. The van der Waals surface area contributed by atoms with E-state index in [4.69, 9.17) is 5.11 Å². The molecular formula is C12H18F2N4O2. The molecule has 8 heteroatoms. The van der Waals surface area contributed by atoms with E-state index in [1.807, 2.05) is 0 Å². The molecule has 0 spiro atoms. The van der Waals surface area contributed by atoms with Crippen LogP contribution in [0.15, 0.2) is 0 Å². The van der Waals surface area contributed by atoms with Crippen molar-refractivity contribution in [2.24, 2.45) is 5.92 Å². The number of rotatable bonds is 5. The molecule has 1 unspecified atom stereocenters. The molecule has 2 rings (SSSR count). The number of carboxylic acids is 1. The third-order valence-electron chi connectivity index (χ3n) is 3.65. The van der Waals surface area contributed by atoms with E-state index >= 15 is 0 Å². The topological polar surface area (TPSA) is 80.9 Å². The van der Waals surface area contributed by atoms with Crippen LogP contribution in [0.25, 0.3) is 0 Å². The van der Waals surface area contributed by atoms with E-state index in [-0.39, 0.29) is 31.1 Å². The molecular weight excluding hydrogens is 270 g/mol. The van der Waals surface area contributed by atoms with E-state index in [2.05, 4.69) is 15.5 Å². The summed E-state index contributed by atoms with van der Waals surface area (Å²) in [4.78, 5) is 10.7. The van der Waals surface area contributed by atoms with Crippen LogP contribution >= 0.6 is 0 Å². The van der Waals surface area contributed by atoms with E-state index in [1.54, 1.807) is 11.6 Å². The lowest BCUT2D eigenvalue weighted by Crippen LogP contribution is -2.26. The van der Waals surface area contributed by atoms with Gasteiger partial charge in [0.25, 0.3) is 0 Å². The van der Waals surface area contributed by atoms with Gasteiger partial charge in [0.1, 0.15) is 0 Å². The minimum Gasteiger partial charge on any atom is -0.481 e. The van der Waals surface area contributed by atoms with Crippen molar-refractivity contribution in [3.63, 3.8) is 0 Å². The van der Waals surface area contributed by atoms with Crippen molar-refractivity contribution in [3.8, 4) is 0 Å². The maximum absolute atomic E-state index is 13.1. The molecule has 0 aromatic carbocycles. The Balaban J connectivity index is 2.00. The molecule has 1 saturated carbocycles. The summed E-state index contributed by atoms with van der Waals surface area (Å²) in [5.74, 6) is -3.03. The first-order valence-electron chi connectivity index (χ1n) is 6.73. The number of nitrogens with zero attached hydrogens (tertiary/aromatic N) is 4. The smallest absolute Gasteiger partial charge is 0.303 e. The number of alkyl halides is 2. The Hall–Kier alpha value is -1.60. The third kappa shape index (κ3) is 3.71. The first kappa shape index (κ1) is 14.8. The fraction of sp³-hybridized carbons (Fsp3) is 0.833. The number of aliphatic carboxylic acids is 1. The average Bonchev–Trinajstić information content (AvgIpc) is 2.76. The van der Waals surface area contributed by atoms with Gasteiger partial charge in [-0.25, -0.2) is 13.5 Å². The molecule has 0 aliphatic heterocycles. The second-order valence-corrected chi connectivity index (χ2v) is 5.55. The first-order valence-corrected chi connectivity index (χ1v) is 6.73. The molecule has 0 bridgehead atoms. The minimum atomic E-state index is -2.58. The Bertz CT molecular complexity index is 468. The van der Waals surface area contributed by atoms with Gasteiger partial charge in [-0.15, -0.1) is 5.10 Å². The summed E-state index contributed by atoms with van der Waals surface area (Å²) in [6.45, 7) is 2.19. The highest BCUT2D eigenvalue weighted by Crippen LogP contribution is 2.40. The van der Waals surface area contributed by atoms with E-state index in [9.17, 15) is 13.6 Å². The largest absolute Gasteiger partial charge is 0.481 e. The van der Waals surface area contributed by atoms with Gasteiger partial charge in [-0.1, -0.05) is 6.92 Å². The van der Waals surface area contributed by atoms with E-state index in [0.717, 1.165) is 0 Å². The second kappa shape index (κ2) is 5.80. The number of halogens is 2. The van der Waals surface area contributed by atoms with Crippen LogP contribution in [0, 0.1) is 5.92 Å². The minimum absolute atomic E-state index is 0.0298. The molecule has 1 fully saturated rings. The summed E-state index contributed by atoms with van der Waals surface area (Å²) in [5.41, 5.74) is 0. The zero-order valence-electron chi connectivity index (χ0n) is 11.3. The van der Waals surface area contributed by atoms with Crippen molar-refractivity contribution in [2.45, 2.75) is 57.4 Å². The lowest BCUT2D eigenvalue weighted by Gasteiger charge is -2.27. The maximum Gasteiger partial charge on any atom is 0.303 e. The number of hydrogen-bond acceptors (Lipinski definition) is 4. The van der Waals surface area contributed by atoms with Crippen molar-refractivity contribution in [1.82, 2.24) is 20.2 Å². The Morgan fingerprint density at radius 1 is 1.50 bits per heavy atom. The van der Waals surface area contributed by atoms with Gasteiger partial charge >= 0.3 is 5.97 Å². The fourth-order valence-electron chi connectivity index (χ4n) is 2.59. The molecule has 1 aliphatic carbocycles. The van der Waals surface area contributed by atoms with Crippen LogP contribution in [0.5, 0.6) is 0 Å². The summed E-state index contributed by atoms with van der Waals surface area (Å²) in [7, 11) is 0. The van der Waals surface area contributed by atoms with Crippen LogP contribution in [0.4, 0.5) is 8.78 Å². The number of hydrogen-bond donors (Lipinski definition) is 1. The van der Waals surface area contributed by atoms with Crippen LogP contribution in [0.2, 0.25) is 0 Å². The Kier molecular flexibility index (Phi) is 4.29. The number of aromatic nitrogens is 4. The highest BCUT2D eigenvalue weighted by molar-refractivity contribution is 5.66. The van der Waals surface area contributed by atoms with Crippen LogP contribution in [0.1, 0.15) is 50.8 Å². The normalized spacial score (nSPS) is 20.8. The van der Waals surface area contributed by atoms with Crippen LogP contribution in [-0.4, -0.2) is 37.2 Å². The van der Waals surface area contributed by atoms with Gasteiger partial charge in [-0.3, -0.25) is 4.79 Å². The molecule has 0 radical (unpaired) electrons. The van der Waals surface area contributed by atoms with Crippen molar-refractivity contribution < 1.29 is 18.7 Å². The molecule has 0 amide bonds. The van der Waals surface area contributed by atoms with Gasteiger partial charge in [0, 0.05) is 31.7 Å². The average molecular weight is 288 g/mol. The zero-order chi connectivity index (χ0) is 14.8. The maximum atomic E-state index is 13.1. The molecule has 1 aromatic heterocycles. The summed E-state index contributed by atoms with van der Waals surface area (Å²) < 4.78 is 27.9. The molecule has 0 saturated heterocycles. The predicted molar refractivity (Wildman–Crippen MR) is 65.4 cm³/mol. The monoisotopic (exact) mass is 288 g/mol. The SMILES string of the molecule is CC(CC(=O)O)Cn1nnnc1C1CCC(F)(F)CC1. The van der Waals surface area contributed by atoms with Gasteiger partial charge < -0.3 is 5.11 Å². The molecule has 1 heterocycles. The Labute approximate surface area is 115 Å². The van der Waals surface area contributed by atoms with E-state index < -0.39 is 11.9 Å². The summed E-state index contributed by atoms with van der Waals surface area (Å²) in [5, 5.41) is 20.1. The van der Waals surface area contributed by atoms with Crippen molar-refractivity contribution in [3.05, 3.63) is 5.82 Å². The molecule has 1 aliphatic rings. The lowest BCUT2D eigenvalue weighted by molar-refractivity contribution is -0.138. The van der Waals surface area contributed by atoms with Gasteiger partial charge in [0.2, 0.25) is 5.92 Å². The van der Waals surface area contributed by atoms with Crippen LogP contribution in [0.3, 0.4) is 0 Å². The molecule has 1 N–H and O–H groups in total. The Morgan fingerprint density at radius 2 is 2.15 bits per heavy atom. The summed E-state index contributed by atoms with van der Waals surface area (Å²) >= 11 is 0. The second-order valence-electron chi connectivity index (χ2n) is 5.55. The van der Waals surface area contributed by atoms with Gasteiger partial charge in [-0.2, -0.15) is 0 Å². The van der Waals surface area contributed by atoms with Gasteiger partial charge in [0.15, 0.2) is 5.82 Å².